The van der Waals surface area contributed by atoms with E-state index in [1.165, 1.54) is 61.8 Å². The molecule has 1 aromatic heterocycles. The summed E-state index contributed by atoms with van der Waals surface area (Å²) < 4.78 is 5.28. The van der Waals surface area contributed by atoms with Crippen molar-refractivity contribution in [1.82, 2.24) is 20.4 Å². The predicted molar refractivity (Wildman–Crippen MR) is 119 cm³/mol. The molecular formula is C22H31N5O2S. The average Bonchev–Trinajstić information content (AvgIpc) is 3.48. The number of urea groups is 1. The number of aromatic nitrogens is 2. The SMILES string of the molecule is COc1ccc(C(CNC(=O)Nc2nnc(C3CCCCC3)s2)N2CCCC2)cc1. The monoisotopic (exact) mass is 429 g/mol. The highest BCUT2D eigenvalue weighted by Gasteiger charge is 2.24. The van der Waals surface area contributed by atoms with Gasteiger partial charge < -0.3 is 10.1 Å². The average molecular weight is 430 g/mol. The summed E-state index contributed by atoms with van der Waals surface area (Å²) in [6.45, 7) is 2.66. The molecule has 7 nitrogen and oxygen atoms in total. The van der Waals surface area contributed by atoms with Gasteiger partial charge in [-0.2, -0.15) is 0 Å². The van der Waals surface area contributed by atoms with E-state index < -0.39 is 0 Å². The third kappa shape index (κ3) is 5.29. The lowest BCUT2D eigenvalue weighted by atomic mass is 9.90. The molecule has 8 heteroatoms. The van der Waals surface area contributed by atoms with Gasteiger partial charge in [0.2, 0.25) is 5.13 Å². The van der Waals surface area contributed by atoms with Crippen LogP contribution in [0.5, 0.6) is 5.75 Å². The Bertz CT molecular complexity index is 813. The molecule has 2 aromatic rings. The molecule has 2 heterocycles. The van der Waals surface area contributed by atoms with Gasteiger partial charge in [0.25, 0.3) is 0 Å². The van der Waals surface area contributed by atoms with Crippen LogP contribution in [0, 0.1) is 0 Å². The molecule has 2 aliphatic rings. The molecule has 1 aromatic carbocycles. The van der Waals surface area contributed by atoms with E-state index in [0.29, 0.717) is 17.6 Å². The summed E-state index contributed by atoms with van der Waals surface area (Å²) in [6.07, 6.45) is 8.60. The molecule has 1 unspecified atom stereocenters. The summed E-state index contributed by atoms with van der Waals surface area (Å²) in [5, 5.41) is 16.1. The number of benzene rings is 1. The Hall–Kier alpha value is -2.19. The first kappa shape index (κ1) is 21.1. The second-order valence-corrected chi connectivity index (χ2v) is 9.16. The van der Waals surface area contributed by atoms with Crippen LogP contribution in [0.1, 0.15) is 67.5 Å². The molecule has 0 bridgehead atoms. The minimum atomic E-state index is -0.223. The summed E-state index contributed by atoms with van der Waals surface area (Å²) in [4.78, 5) is 15.0. The molecule has 1 saturated heterocycles. The van der Waals surface area contributed by atoms with E-state index in [0.717, 1.165) is 23.8 Å². The van der Waals surface area contributed by atoms with Crippen molar-refractivity contribution in [2.24, 2.45) is 0 Å². The molecular weight excluding hydrogens is 398 g/mol. The summed E-state index contributed by atoms with van der Waals surface area (Å²) in [5.74, 6) is 1.35. The first-order chi connectivity index (χ1) is 14.7. The maximum Gasteiger partial charge on any atom is 0.321 e. The molecule has 2 fully saturated rings. The topological polar surface area (TPSA) is 79.4 Å². The smallest absolute Gasteiger partial charge is 0.321 e. The van der Waals surface area contributed by atoms with Crippen LogP contribution in [0.15, 0.2) is 24.3 Å². The zero-order valence-corrected chi connectivity index (χ0v) is 18.4. The Morgan fingerprint density at radius 1 is 1.13 bits per heavy atom. The van der Waals surface area contributed by atoms with Crippen molar-refractivity contribution >= 4 is 22.5 Å². The van der Waals surface area contributed by atoms with Gasteiger partial charge in [-0.25, -0.2) is 4.79 Å². The number of carbonyl (C=O) groups excluding carboxylic acids is 1. The largest absolute Gasteiger partial charge is 0.497 e. The van der Waals surface area contributed by atoms with Crippen LogP contribution >= 0.6 is 11.3 Å². The Morgan fingerprint density at radius 2 is 1.87 bits per heavy atom. The number of nitrogens with zero attached hydrogens (tertiary/aromatic N) is 3. The van der Waals surface area contributed by atoms with E-state index in [2.05, 4.69) is 37.9 Å². The van der Waals surface area contributed by atoms with Crippen LogP contribution in [-0.4, -0.2) is 47.9 Å². The van der Waals surface area contributed by atoms with Crippen molar-refractivity contribution in [3.63, 3.8) is 0 Å². The van der Waals surface area contributed by atoms with Gasteiger partial charge in [-0.1, -0.05) is 42.7 Å². The number of ether oxygens (including phenoxy) is 1. The van der Waals surface area contributed by atoms with Gasteiger partial charge in [-0.15, -0.1) is 10.2 Å². The van der Waals surface area contributed by atoms with E-state index in [1.807, 2.05) is 12.1 Å². The van der Waals surface area contributed by atoms with Crippen LogP contribution in [-0.2, 0) is 0 Å². The molecule has 162 valence electrons. The fourth-order valence-electron chi connectivity index (χ4n) is 4.47. The number of rotatable bonds is 7. The fraction of sp³-hybridized carbons (Fsp3) is 0.591. The lowest BCUT2D eigenvalue weighted by Crippen LogP contribution is -2.38. The number of hydrogen-bond acceptors (Lipinski definition) is 6. The highest BCUT2D eigenvalue weighted by molar-refractivity contribution is 7.15. The standard InChI is InChI=1S/C22H31N5O2S/c1-29-18-11-9-16(10-12-18)19(27-13-5-6-14-27)15-23-21(28)24-22-26-25-20(30-22)17-7-3-2-4-8-17/h9-12,17,19H,2-8,13-15H2,1H3,(H2,23,24,26,28). The van der Waals surface area contributed by atoms with Crippen molar-refractivity contribution in [2.75, 3.05) is 32.1 Å². The lowest BCUT2D eigenvalue weighted by Gasteiger charge is -2.28. The summed E-state index contributed by atoms with van der Waals surface area (Å²) >= 11 is 1.51. The van der Waals surface area contributed by atoms with E-state index in [4.69, 9.17) is 4.74 Å². The number of hydrogen-bond donors (Lipinski definition) is 2. The lowest BCUT2D eigenvalue weighted by molar-refractivity contribution is 0.227. The molecule has 4 rings (SSSR count). The summed E-state index contributed by atoms with van der Waals surface area (Å²) in [6, 6.07) is 8.06. The Kier molecular flexibility index (Phi) is 7.17. The van der Waals surface area contributed by atoms with E-state index in [9.17, 15) is 4.79 Å². The first-order valence-electron chi connectivity index (χ1n) is 11.0. The molecule has 30 heavy (non-hydrogen) atoms. The number of nitrogens with one attached hydrogen (secondary N) is 2. The molecule has 0 spiro atoms. The maximum atomic E-state index is 12.5. The molecule has 1 atom stereocenters. The number of methoxy groups -OCH3 is 1. The minimum Gasteiger partial charge on any atom is -0.497 e. The second kappa shape index (κ2) is 10.2. The van der Waals surface area contributed by atoms with E-state index in [-0.39, 0.29) is 12.1 Å². The Morgan fingerprint density at radius 3 is 2.57 bits per heavy atom. The summed E-state index contributed by atoms with van der Waals surface area (Å²) in [7, 11) is 1.67. The van der Waals surface area contributed by atoms with Gasteiger partial charge in [0.15, 0.2) is 0 Å². The predicted octanol–water partition coefficient (Wildman–Crippen LogP) is 4.55. The highest BCUT2D eigenvalue weighted by atomic mass is 32.1. The molecule has 1 aliphatic heterocycles. The molecule has 2 amide bonds. The zero-order valence-electron chi connectivity index (χ0n) is 17.6. The maximum absolute atomic E-state index is 12.5. The molecule has 1 aliphatic carbocycles. The van der Waals surface area contributed by atoms with Crippen LogP contribution < -0.4 is 15.4 Å². The quantitative estimate of drug-likeness (QED) is 0.675. The van der Waals surface area contributed by atoms with Crippen molar-refractivity contribution in [3.05, 3.63) is 34.8 Å². The number of anilines is 1. The third-order valence-electron chi connectivity index (χ3n) is 6.15. The van der Waals surface area contributed by atoms with E-state index in [1.54, 1.807) is 7.11 Å². The summed E-state index contributed by atoms with van der Waals surface area (Å²) in [5.41, 5.74) is 1.19. The third-order valence-corrected chi connectivity index (χ3v) is 7.15. The normalized spacial score (nSPS) is 18.8. The zero-order chi connectivity index (χ0) is 20.8. The van der Waals surface area contributed by atoms with Crippen molar-refractivity contribution in [3.8, 4) is 5.75 Å². The van der Waals surface area contributed by atoms with Crippen LogP contribution in [0.3, 0.4) is 0 Å². The second-order valence-electron chi connectivity index (χ2n) is 8.15. The van der Waals surface area contributed by atoms with Gasteiger partial charge in [0.05, 0.1) is 13.2 Å². The number of carbonyl (C=O) groups is 1. The first-order valence-corrected chi connectivity index (χ1v) is 11.8. The highest BCUT2D eigenvalue weighted by Crippen LogP contribution is 2.35. The van der Waals surface area contributed by atoms with Crippen molar-refractivity contribution in [2.45, 2.75) is 56.9 Å². The van der Waals surface area contributed by atoms with Crippen molar-refractivity contribution < 1.29 is 9.53 Å². The molecule has 2 N–H and O–H groups in total. The number of amides is 2. The molecule has 1 saturated carbocycles. The number of likely N-dealkylation sites (tertiary alicyclic amines) is 1. The van der Waals surface area contributed by atoms with Crippen LogP contribution in [0.4, 0.5) is 9.93 Å². The fourth-order valence-corrected chi connectivity index (χ4v) is 5.37. The van der Waals surface area contributed by atoms with Crippen molar-refractivity contribution in [1.29, 1.82) is 0 Å². The Labute approximate surface area is 182 Å². The minimum absolute atomic E-state index is 0.149. The van der Waals surface area contributed by atoms with Crippen LogP contribution in [0.25, 0.3) is 0 Å². The van der Waals surface area contributed by atoms with Crippen LogP contribution in [0.2, 0.25) is 0 Å². The Balaban J connectivity index is 1.34. The van der Waals surface area contributed by atoms with Gasteiger partial charge in [0, 0.05) is 12.5 Å². The van der Waals surface area contributed by atoms with Gasteiger partial charge in [0.1, 0.15) is 10.8 Å². The van der Waals surface area contributed by atoms with Gasteiger partial charge in [-0.05, 0) is 56.5 Å². The van der Waals surface area contributed by atoms with Gasteiger partial charge in [-0.3, -0.25) is 10.2 Å². The van der Waals surface area contributed by atoms with Gasteiger partial charge >= 0.3 is 6.03 Å². The molecule has 0 radical (unpaired) electrons. The van der Waals surface area contributed by atoms with E-state index >= 15 is 0 Å².